The predicted octanol–water partition coefficient (Wildman–Crippen LogP) is 4.54. The molecule has 5 nitrogen and oxygen atoms in total. The van der Waals surface area contributed by atoms with Crippen molar-refractivity contribution >= 4 is 21.8 Å². The van der Waals surface area contributed by atoms with Gasteiger partial charge in [-0.3, -0.25) is 4.98 Å². The maximum atomic E-state index is 6.08. The average Bonchev–Trinajstić information content (AvgIpc) is 3.32. The molecule has 1 aliphatic heterocycles. The first kappa shape index (κ1) is 18.1. The lowest BCUT2D eigenvalue weighted by molar-refractivity contribution is 0.254. The molecular weight excluding hydrogens is 338 g/mol. The van der Waals surface area contributed by atoms with Crippen LogP contribution in [0.2, 0.25) is 0 Å². The topological polar surface area (TPSA) is 50.4 Å². The summed E-state index contributed by atoms with van der Waals surface area (Å²) in [5, 5.41) is 2.36. The van der Waals surface area contributed by atoms with Crippen LogP contribution in [-0.4, -0.2) is 48.2 Å². The van der Waals surface area contributed by atoms with Crippen molar-refractivity contribution in [2.45, 2.75) is 39.0 Å². The lowest BCUT2D eigenvalue weighted by Crippen LogP contribution is -2.21. The Morgan fingerprint density at radius 3 is 2.78 bits per heavy atom. The third-order valence-corrected chi connectivity index (χ3v) is 5.43. The highest BCUT2D eigenvalue weighted by molar-refractivity contribution is 6.09. The quantitative estimate of drug-likeness (QED) is 0.594. The lowest BCUT2D eigenvalue weighted by Gasteiger charge is -2.15. The van der Waals surface area contributed by atoms with Crippen molar-refractivity contribution in [1.82, 2.24) is 14.9 Å². The zero-order valence-electron chi connectivity index (χ0n) is 16.4. The van der Waals surface area contributed by atoms with Gasteiger partial charge in [-0.25, -0.2) is 0 Å². The Morgan fingerprint density at radius 1 is 1.15 bits per heavy atom. The van der Waals surface area contributed by atoms with Crippen LogP contribution in [-0.2, 0) is 6.42 Å². The number of fused-ring (bicyclic) bond motifs is 3. The number of hydrogen-bond acceptors (Lipinski definition) is 4. The molecule has 1 fully saturated rings. The van der Waals surface area contributed by atoms with Crippen LogP contribution in [0.5, 0.6) is 11.5 Å². The second-order valence-corrected chi connectivity index (χ2v) is 7.35. The van der Waals surface area contributed by atoms with Gasteiger partial charge in [0.2, 0.25) is 0 Å². The van der Waals surface area contributed by atoms with E-state index in [1.165, 1.54) is 31.3 Å². The second-order valence-electron chi connectivity index (χ2n) is 7.35. The van der Waals surface area contributed by atoms with Gasteiger partial charge in [0, 0.05) is 35.1 Å². The van der Waals surface area contributed by atoms with E-state index in [1.54, 1.807) is 7.11 Å². The van der Waals surface area contributed by atoms with Crippen molar-refractivity contribution < 1.29 is 9.47 Å². The van der Waals surface area contributed by atoms with Gasteiger partial charge in [0.25, 0.3) is 0 Å². The van der Waals surface area contributed by atoms with Crippen LogP contribution in [0, 0.1) is 0 Å². The van der Waals surface area contributed by atoms with Crippen molar-refractivity contribution in [1.29, 1.82) is 0 Å². The van der Waals surface area contributed by atoms with Crippen molar-refractivity contribution in [2.24, 2.45) is 0 Å². The van der Waals surface area contributed by atoms with Crippen molar-refractivity contribution in [3.05, 3.63) is 30.1 Å². The number of H-pyrrole nitrogens is 1. The molecule has 2 aromatic heterocycles. The molecule has 1 aliphatic rings. The van der Waals surface area contributed by atoms with Gasteiger partial charge in [-0.1, -0.05) is 13.3 Å². The Balaban J connectivity index is 1.57. The van der Waals surface area contributed by atoms with E-state index in [0.717, 1.165) is 59.4 Å². The first-order chi connectivity index (χ1) is 13.3. The Morgan fingerprint density at radius 2 is 2.00 bits per heavy atom. The summed E-state index contributed by atoms with van der Waals surface area (Å²) in [5.41, 5.74) is 3.34. The first-order valence-corrected chi connectivity index (χ1v) is 10.1. The van der Waals surface area contributed by atoms with Gasteiger partial charge in [0.05, 0.1) is 24.9 Å². The third kappa shape index (κ3) is 3.74. The van der Waals surface area contributed by atoms with Crippen molar-refractivity contribution in [3.63, 3.8) is 0 Å². The van der Waals surface area contributed by atoms with Crippen molar-refractivity contribution in [3.8, 4) is 11.5 Å². The molecule has 144 valence electrons. The molecule has 3 heterocycles. The molecule has 0 saturated carbocycles. The minimum Gasteiger partial charge on any atom is -0.493 e. The largest absolute Gasteiger partial charge is 0.493 e. The standard InChI is InChI=1S/C22H29N3O2/c1-3-7-17-22-16-14-20(26-2)21(15-19(16)24-18(22)8-9-23-17)27-13-6-12-25-10-4-5-11-25/h8-9,14-15,24H,3-7,10-13H2,1-2H3. The van der Waals surface area contributed by atoms with E-state index < -0.39 is 0 Å². The molecule has 0 radical (unpaired) electrons. The van der Waals surface area contributed by atoms with E-state index in [-0.39, 0.29) is 0 Å². The summed E-state index contributed by atoms with van der Waals surface area (Å²) in [6.07, 6.45) is 7.64. The number of likely N-dealkylation sites (tertiary alicyclic amines) is 1. The number of nitrogens with zero attached hydrogens (tertiary/aromatic N) is 2. The molecule has 0 bridgehead atoms. The smallest absolute Gasteiger partial charge is 0.163 e. The van der Waals surface area contributed by atoms with Gasteiger partial charge in [-0.15, -0.1) is 0 Å². The van der Waals surface area contributed by atoms with Crippen LogP contribution in [0.25, 0.3) is 21.8 Å². The number of ether oxygens (including phenoxy) is 2. The maximum Gasteiger partial charge on any atom is 0.163 e. The monoisotopic (exact) mass is 367 g/mol. The summed E-state index contributed by atoms with van der Waals surface area (Å²) in [6.45, 7) is 6.48. The molecule has 1 aromatic carbocycles. The van der Waals surface area contributed by atoms with Gasteiger partial charge in [-0.05, 0) is 50.9 Å². The molecule has 5 heteroatoms. The fraction of sp³-hybridized carbons (Fsp3) is 0.500. The maximum absolute atomic E-state index is 6.08. The number of benzene rings is 1. The van der Waals surface area contributed by atoms with Gasteiger partial charge in [0.1, 0.15) is 0 Å². The highest BCUT2D eigenvalue weighted by Gasteiger charge is 2.15. The van der Waals surface area contributed by atoms with E-state index in [0.29, 0.717) is 6.61 Å². The third-order valence-electron chi connectivity index (χ3n) is 5.43. The van der Waals surface area contributed by atoms with Crippen LogP contribution in [0.1, 0.15) is 38.3 Å². The first-order valence-electron chi connectivity index (χ1n) is 10.1. The molecule has 0 aliphatic carbocycles. The Labute approximate surface area is 160 Å². The lowest BCUT2D eigenvalue weighted by atomic mass is 10.1. The van der Waals surface area contributed by atoms with E-state index in [9.17, 15) is 0 Å². The Hall–Kier alpha value is -2.27. The Kier molecular flexibility index (Phi) is 5.48. The van der Waals surface area contributed by atoms with Gasteiger partial charge in [-0.2, -0.15) is 0 Å². The summed E-state index contributed by atoms with van der Waals surface area (Å²) in [6, 6.07) is 6.20. The second kappa shape index (κ2) is 8.17. The van der Waals surface area contributed by atoms with Crippen LogP contribution in [0.4, 0.5) is 0 Å². The zero-order valence-corrected chi connectivity index (χ0v) is 16.4. The minimum absolute atomic E-state index is 0.710. The number of aryl methyl sites for hydroxylation is 1. The Bertz CT molecular complexity index is 913. The molecular formula is C22H29N3O2. The van der Waals surface area contributed by atoms with E-state index in [2.05, 4.69) is 33.9 Å². The average molecular weight is 367 g/mol. The predicted molar refractivity (Wildman–Crippen MR) is 110 cm³/mol. The minimum atomic E-state index is 0.710. The fourth-order valence-electron chi connectivity index (χ4n) is 4.10. The van der Waals surface area contributed by atoms with Crippen molar-refractivity contribution in [2.75, 3.05) is 33.4 Å². The number of aromatic nitrogens is 2. The van der Waals surface area contributed by atoms with Crippen LogP contribution in [0.3, 0.4) is 0 Å². The fourth-order valence-corrected chi connectivity index (χ4v) is 4.10. The van der Waals surface area contributed by atoms with Gasteiger partial charge in [0.15, 0.2) is 11.5 Å². The van der Waals surface area contributed by atoms with E-state index in [4.69, 9.17) is 9.47 Å². The number of pyridine rings is 1. The highest BCUT2D eigenvalue weighted by Crippen LogP contribution is 2.37. The number of rotatable bonds is 8. The van der Waals surface area contributed by atoms with Gasteiger partial charge >= 0.3 is 0 Å². The molecule has 1 N–H and O–H groups in total. The van der Waals surface area contributed by atoms with Crippen LogP contribution >= 0.6 is 0 Å². The molecule has 0 spiro atoms. The highest BCUT2D eigenvalue weighted by atomic mass is 16.5. The normalized spacial score (nSPS) is 15.0. The molecule has 0 amide bonds. The molecule has 3 aromatic rings. The zero-order chi connectivity index (χ0) is 18.6. The number of methoxy groups -OCH3 is 1. The molecule has 0 atom stereocenters. The summed E-state index contributed by atoms with van der Waals surface area (Å²) in [4.78, 5) is 10.6. The summed E-state index contributed by atoms with van der Waals surface area (Å²) in [7, 11) is 1.71. The number of nitrogens with one attached hydrogen (secondary N) is 1. The summed E-state index contributed by atoms with van der Waals surface area (Å²) >= 11 is 0. The van der Waals surface area contributed by atoms with Crippen LogP contribution < -0.4 is 9.47 Å². The van der Waals surface area contributed by atoms with E-state index >= 15 is 0 Å². The van der Waals surface area contributed by atoms with Gasteiger partial charge < -0.3 is 19.4 Å². The molecule has 1 saturated heterocycles. The summed E-state index contributed by atoms with van der Waals surface area (Å²) < 4.78 is 11.7. The number of hydrogen-bond donors (Lipinski definition) is 1. The molecule has 0 unspecified atom stereocenters. The SMILES string of the molecule is CCCc1nccc2[nH]c3cc(OCCCN4CCCC4)c(OC)cc3c12. The number of aromatic amines is 1. The summed E-state index contributed by atoms with van der Waals surface area (Å²) in [5.74, 6) is 1.60. The van der Waals surface area contributed by atoms with Crippen LogP contribution in [0.15, 0.2) is 24.4 Å². The molecule has 27 heavy (non-hydrogen) atoms. The molecule has 4 rings (SSSR count). The van der Waals surface area contributed by atoms with E-state index in [1.807, 2.05) is 12.3 Å².